The highest BCUT2D eigenvalue weighted by Crippen LogP contribution is 2.43. The van der Waals surface area contributed by atoms with E-state index >= 15 is 0 Å². The van der Waals surface area contributed by atoms with E-state index < -0.39 is 7.14 Å². The number of hydrogen-bond acceptors (Lipinski definition) is 5. The Bertz CT molecular complexity index is 1420. The van der Waals surface area contributed by atoms with Crippen LogP contribution in [0.25, 0.3) is 11.0 Å². The van der Waals surface area contributed by atoms with Gasteiger partial charge in [-0.2, -0.15) is 0 Å². The lowest BCUT2D eigenvalue weighted by Gasteiger charge is -2.20. The smallest absolute Gasteiger partial charge is 0.186 e. The Morgan fingerprint density at radius 3 is 2.09 bits per heavy atom. The SMILES string of the molecule is CCOc1ccc(Nc2ncnc3c2cc(P(=O)(c2ccccc2)c2ccccc2)n3C)cc1. The van der Waals surface area contributed by atoms with Crippen molar-refractivity contribution in [3.8, 4) is 5.75 Å². The third-order valence-corrected chi connectivity index (χ3v) is 8.91. The summed E-state index contributed by atoms with van der Waals surface area (Å²) in [5.74, 6) is 1.47. The van der Waals surface area contributed by atoms with Crippen LogP contribution in [0.1, 0.15) is 6.92 Å². The van der Waals surface area contributed by atoms with Crippen LogP contribution in [-0.4, -0.2) is 21.1 Å². The minimum atomic E-state index is -3.15. The second-order valence-electron chi connectivity index (χ2n) is 7.88. The first kappa shape index (κ1) is 21.9. The lowest BCUT2D eigenvalue weighted by Crippen LogP contribution is -2.28. The Balaban J connectivity index is 1.64. The van der Waals surface area contributed by atoms with Crippen molar-refractivity contribution in [1.29, 1.82) is 0 Å². The third-order valence-electron chi connectivity index (χ3n) is 5.79. The van der Waals surface area contributed by atoms with Crippen molar-refractivity contribution in [2.75, 3.05) is 11.9 Å². The second-order valence-corrected chi connectivity index (χ2v) is 10.6. The fourth-order valence-corrected chi connectivity index (χ4v) is 6.99. The summed E-state index contributed by atoms with van der Waals surface area (Å²) in [5.41, 5.74) is 2.30. The highest BCUT2D eigenvalue weighted by molar-refractivity contribution is 7.85. The second kappa shape index (κ2) is 9.16. The van der Waals surface area contributed by atoms with Gasteiger partial charge in [-0.25, -0.2) is 9.97 Å². The molecule has 0 unspecified atom stereocenters. The Kier molecular flexibility index (Phi) is 5.91. The van der Waals surface area contributed by atoms with Crippen molar-refractivity contribution in [1.82, 2.24) is 14.5 Å². The quantitative estimate of drug-likeness (QED) is 0.349. The molecular weight excluding hydrogens is 443 g/mol. The molecule has 0 fully saturated rings. The predicted molar refractivity (Wildman–Crippen MR) is 139 cm³/mol. The standard InChI is InChI=1S/C27H25N4O2P/c1-3-33-21-16-14-20(15-17-21)30-26-24-18-25(31(2)27(24)29-19-28-26)34(32,22-10-6-4-7-11-22)23-12-8-5-9-13-23/h4-19H,3H2,1-2H3,(H,28,29,30). The molecule has 6 nitrogen and oxygen atoms in total. The highest BCUT2D eigenvalue weighted by Gasteiger charge is 2.33. The summed E-state index contributed by atoms with van der Waals surface area (Å²) in [6.45, 7) is 2.58. The number of hydrogen-bond donors (Lipinski definition) is 1. The van der Waals surface area contributed by atoms with Gasteiger partial charge < -0.3 is 19.2 Å². The summed E-state index contributed by atoms with van der Waals surface area (Å²) < 4.78 is 22.3. The van der Waals surface area contributed by atoms with E-state index in [2.05, 4.69) is 15.3 Å². The number of nitrogens with one attached hydrogen (secondary N) is 1. The molecule has 2 heterocycles. The average molecular weight is 468 g/mol. The molecule has 0 aliphatic rings. The summed E-state index contributed by atoms with van der Waals surface area (Å²) in [6, 6.07) is 28.9. The largest absolute Gasteiger partial charge is 0.494 e. The summed E-state index contributed by atoms with van der Waals surface area (Å²) in [6.07, 6.45) is 1.53. The Morgan fingerprint density at radius 2 is 1.50 bits per heavy atom. The van der Waals surface area contributed by atoms with Gasteiger partial charge in [0.2, 0.25) is 0 Å². The lowest BCUT2D eigenvalue weighted by atomic mass is 10.3. The van der Waals surface area contributed by atoms with Crippen molar-refractivity contribution >= 4 is 45.7 Å². The fourth-order valence-electron chi connectivity index (χ4n) is 4.15. The number of fused-ring (bicyclic) bond motifs is 1. The molecule has 0 atom stereocenters. The Labute approximate surface area is 198 Å². The van der Waals surface area contributed by atoms with Crippen LogP contribution in [0.5, 0.6) is 5.75 Å². The third kappa shape index (κ3) is 3.87. The Morgan fingerprint density at radius 1 is 0.882 bits per heavy atom. The molecule has 2 aromatic heterocycles. The number of nitrogens with zero attached hydrogens (tertiary/aromatic N) is 3. The van der Waals surface area contributed by atoms with E-state index in [1.807, 2.05) is 110 Å². The van der Waals surface area contributed by atoms with Gasteiger partial charge in [0.05, 0.1) is 17.4 Å². The molecule has 7 heteroatoms. The topological polar surface area (TPSA) is 69.0 Å². The van der Waals surface area contributed by atoms with Gasteiger partial charge >= 0.3 is 0 Å². The first-order valence-corrected chi connectivity index (χ1v) is 12.8. The molecule has 0 saturated heterocycles. The monoisotopic (exact) mass is 468 g/mol. The first-order chi connectivity index (χ1) is 16.6. The molecule has 0 aliphatic heterocycles. The van der Waals surface area contributed by atoms with Gasteiger partial charge in [-0.05, 0) is 37.3 Å². The van der Waals surface area contributed by atoms with Crippen molar-refractivity contribution in [3.63, 3.8) is 0 Å². The summed E-state index contributed by atoms with van der Waals surface area (Å²) in [4.78, 5) is 9.00. The molecule has 0 aliphatic carbocycles. The molecular formula is C27H25N4O2P. The van der Waals surface area contributed by atoms with Gasteiger partial charge in [0.15, 0.2) is 7.14 Å². The van der Waals surface area contributed by atoms with Gasteiger partial charge in [-0.15, -0.1) is 0 Å². The van der Waals surface area contributed by atoms with E-state index in [1.54, 1.807) is 0 Å². The van der Waals surface area contributed by atoms with Crippen LogP contribution in [0.3, 0.4) is 0 Å². The van der Waals surface area contributed by atoms with Crippen LogP contribution in [0.4, 0.5) is 11.5 Å². The van der Waals surface area contributed by atoms with Crippen LogP contribution in [0.2, 0.25) is 0 Å². The molecule has 5 aromatic rings. The van der Waals surface area contributed by atoms with Gasteiger partial charge in [-0.3, -0.25) is 0 Å². The maximum absolute atomic E-state index is 14.9. The molecule has 170 valence electrons. The first-order valence-electron chi connectivity index (χ1n) is 11.1. The maximum Gasteiger partial charge on any atom is 0.186 e. The molecule has 1 N–H and O–H groups in total. The van der Waals surface area contributed by atoms with Crippen LogP contribution in [0.15, 0.2) is 97.3 Å². The molecule has 0 radical (unpaired) electrons. The van der Waals surface area contributed by atoms with E-state index in [4.69, 9.17) is 4.74 Å². The summed E-state index contributed by atoms with van der Waals surface area (Å²) in [5, 5.41) is 5.74. The molecule has 34 heavy (non-hydrogen) atoms. The van der Waals surface area contributed by atoms with Gasteiger partial charge in [0.1, 0.15) is 23.5 Å². The van der Waals surface area contributed by atoms with Gasteiger partial charge in [-0.1, -0.05) is 60.7 Å². The molecule has 5 rings (SSSR count). The predicted octanol–water partition coefficient (Wildman–Crippen LogP) is 4.75. The van der Waals surface area contributed by atoms with Crippen LogP contribution in [0, 0.1) is 0 Å². The van der Waals surface area contributed by atoms with Gasteiger partial charge in [0, 0.05) is 23.3 Å². The molecule has 3 aromatic carbocycles. The zero-order chi connectivity index (χ0) is 23.5. The van der Waals surface area contributed by atoms with E-state index in [-0.39, 0.29) is 0 Å². The fraction of sp³-hybridized carbons (Fsp3) is 0.111. The molecule has 0 spiro atoms. The minimum Gasteiger partial charge on any atom is -0.494 e. The lowest BCUT2D eigenvalue weighted by molar-refractivity contribution is 0.340. The maximum atomic E-state index is 14.9. The number of rotatable bonds is 7. The minimum absolute atomic E-state index is 0.620. The van der Waals surface area contributed by atoms with E-state index in [0.29, 0.717) is 23.5 Å². The van der Waals surface area contributed by atoms with Crippen molar-refractivity contribution < 1.29 is 9.30 Å². The molecule has 0 bridgehead atoms. The average Bonchev–Trinajstić information content (AvgIpc) is 3.24. The van der Waals surface area contributed by atoms with E-state index in [1.165, 1.54) is 6.33 Å². The Hall–Kier alpha value is -3.89. The molecule has 0 amide bonds. The summed E-state index contributed by atoms with van der Waals surface area (Å²) >= 11 is 0. The number of anilines is 2. The van der Waals surface area contributed by atoms with Crippen molar-refractivity contribution in [3.05, 3.63) is 97.3 Å². The zero-order valence-electron chi connectivity index (χ0n) is 19.1. The highest BCUT2D eigenvalue weighted by atomic mass is 31.2. The number of aryl methyl sites for hydroxylation is 1. The van der Waals surface area contributed by atoms with Crippen LogP contribution >= 0.6 is 7.14 Å². The van der Waals surface area contributed by atoms with Crippen molar-refractivity contribution in [2.24, 2.45) is 7.05 Å². The van der Waals surface area contributed by atoms with Crippen LogP contribution in [-0.2, 0) is 11.6 Å². The van der Waals surface area contributed by atoms with Crippen LogP contribution < -0.4 is 26.1 Å². The van der Waals surface area contributed by atoms with Gasteiger partial charge in [0.25, 0.3) is 0 Å². The van der Waals surface area contributed by atoms with E-state index in [9.17, 15) is 4.57 Å². The van der Waals surface area contributed by atoms with Crippen molar-refractivity contribution in [2.45, 2.75) is 6.92 Å². The zero-order valence-corrected chi connectivity index (χ0v) is 19.9. The molecule has 0 saturated carbocycles. The number of benzene rings is 3. The van der Waals surface area contributed by atoms with E-state index in [0.717, 1.165) is 27.4 Å². The number of ether oxygens (including phenoxy) is 1. The summed E-state index contributed by atoms with van der Waals surface area (Å²) in [7, 11) is -1.25. The normalized spacial score (nSPS) is 11.5. The number of aromatic nitrogens is 3.